The number of carbonyl (C=O) groups is 1. The van der Waals surface area contributed by atoms with Gasteiger partial charge in [-0.3, -0.25) is 10.1 Å². The lowest BCUT2D eigenvalue weighted by Gasteiger charge is -2.10. The smallest absolute Gasteiger partial charge is 0.335 e. The highest BCUT2D eigenvalue weighted by Gasteiger charge is 2.18. The molecule has 0 saturated carbocycles. The van der Waals surface area contributed by atoms with Crippen LogP contribution in [0.5, 0.6) is 11.5 Å². The predicted octanol–water partition coefficient (Wildman–Crippen LogP) is 3.53. The molecule has 0 unspecified atom stereocenters. The van der Waals surface area contributed by atoms with Crippen LogP contribution in [0.25, 0.3) is 0 Å². The number of nitro benzene ring substituents is 1. The lowest BCUT2D eigenvalue weighted by atomic mass is 10.1. The van der Waals surface area contributed by atoms with Gasteiger partial charge >= 0.3 is 11.7 Å². The third-order valence-corrected chi connectivity index (χ3v) is 2.77. The third kappa shape index (κ3) is 3.14. The maximum atomic E-state index is 13.2. The molecule has 0 saturated heterocycles. The van der Waals surface area contributed by atoms with Crippen molar-refractivity contribution >= 4 is 11.7 Å². The molecule has 2 rings (SSSR count). The Bertz CT molecular complexity index is 729. The first kappa shape index (κ1) is 14.4. The number of carboxylic acids is 1. The molecule has 0 bridgehead atoms. The van der Waals surface area contributed by atoms with Gasteiger partial charge in [-0.15, -0.1) is 0 Å². The second-order valence-corrected chi connectivity index (χ2v) is 4.26. The van der Waals surface area contributed by atoms with Crippen molar-refractivity contribution in [3.63, 3.8) is 0 Å². The molecule has 0 aliphatic carbocycles. The number of benzene rings is 2. The standard InChI is InChI=1S/C14H10FNO5/c1-8-2-3-9(14(17)18)6-12(8)21-13-7-10(15)4-5-11(13)16(19)20/h2-7H,1H3,(H,17,18). The summed E-state index contributed by atoms with van der Waals surface area (Å²) in [6.07, 6.45) is 0. The minimum Gasteiger partial charge on any atom is -0.478 e. The van der Waals surface area contributed by atoms with E-state index in [0.29, 0.717) is 5.56 Å². The Morgan fingerprint density at radius 3 is 2.57 bits per heavy atom. The summed E-state index contributed by atoms with van der Waals surface area (Å²) in [4.78, 5) is 21.1. The van der Waals surface area contributed by atoms with E-state index in [1.165, 1.54) is 18.2 Å². The Balaban J connectivity index is 2.47. The van der Waals surface area contributed by atoms with Crippen molar-refractivity contribution in [2.45, 2.75) is 6.92 Å². The van der Waals surface area contributed by atoms with E-state index in [-0.39, 0.29) is 17.1 Å². The topological polar surface area (TPSA) is 89.7 Å². The molecule has 7 heteroatoms. The molecule has 0 aliphatic rings. The van der Waals surface area contributed by atoms with Gasteiger partial charge in [0.1, 0.15) is 11.6 Å². The van der Waals surface area contributed by atoms with Gasteiger partial charge in [0, 0.05) is 12.1 Å². The van der Waals surface area contributed by atoms with Gasteiger partial charge in [-0.05, 0) is 30.7 Å². The van der Waals surface area contributed by atoms with Crippen LogP contribution in [0.4, 0.5) is 10.1 Å². The van der Waals surface area contributed by atoms with Crippen LogP contribution < -0.4 is 4.74 Å². The van der Waals surface area contributed by atoms with Crippen molar-refractivity contribution in [1.29, 1.82) is 0 Å². The zero-order chi connectivity index (χ0) is 15.6. The van der Waals surface area contributed by atoms with Gasteiger partial charge in [-0.25, -0.2) is 9.18 Å². The van der Waals surface area contributed by atoms with Crippen LogP contribution >= 0.6 is 0 Å². The van der Waals surface area contributed by atoms with Gasteiger partial charge in [-0.2, -0.15) is 0 Å². The van der Waals surface area contributed by atoms with Crippen LogP contribution in [-0.2, 0) is 0 Å². The molecule has 0 spiro atoms. The highest BCUT2D eigenvalue weighted by Crippen LogP contribution is 2.33. The van der Waals surface area contributed by atoms with Gasteiger partial charge in [0.25, 0.3) is 0 Å². The number of aromatic carboxylic acids is 1. The van der Waals surface area contributed by atoms with E-state index in [1.807, 2.05) is 0 Å². The van der Waals surface area contributed by atoms with Crippen molar-refractivity contribution in [3.8, 4) is 11.5 Å². The minimum absolute atomic E-state index is 0.0327. The molecular weight excluding hydrogens is 281 g/mol. The van der Waals surface area contributed by atoms with E-state index in [2.05, 4.69) is 0 Å². The fourth-order valence-electron chi connectivity index (χ4n) is 1.68. The van der Waals surface area contributed by atoms with Crippen LogP contribution in [0.2, 0.25) is 0 Å². The molecule has 0 radical (unpaired) electrons. The first-order valence-corrected chi connectivity index (χ1v) is 5.84. The molecular formula is C14H10FNO5. The molecule has 0 atom stereocenters. The number of carboxylic acid groups (broad SMARTS) is 1. The molecule has 0 amide bonds. The van der Waals surface area contributed by atoms with E-state index in [4.69, 9.17) is 9.84 Å². The van der Waals surface area contributed by atoms with Gasteiger partial charge < -0.3 is 9.84 Å². The number of halogens is 1. The van der Waals surface area contributed by atoms with E-state index in [9.17, 15) is 19.3 Å². The summed E-state index contributed by atoms with van der Waals surface area (Å²) in [6, 6.07) is 6.93. The number of hydrogen-bond donors (Lipinski definition) is 1. The van der Waals surface area contributed by atoms with Crippen molar-refractivity contribution < 1.29 is 24.0 Å². The van der Waals surface area contributed by atoms with Crippen LogP contribution in [-0.4, -0.2) is 16.0 Å². The quantitative estimate of drug-likeness (QED) is 0.687. The molecule has 6 nitrogen and oxygen atoms in total. The maximum Gasteiger partial charge on any atom is 0.335 e. The van der Waals surface area contributed by atoms with Gasteiger partial charge in [-0.1, -0.05) is 6.07 Å². The average Bonchev–Trinajstić information content (AvgIpc) is 2.40. The number of nitro groups is 1. The number of ether oxygens (including phenoxy) is 1. The van der Waals surface area contributed by atoms with Gasteiger partial charge in [0.05, 0.1) is 10.5 Å². The fraction of sp³-hybridized carbons (Fsp3) is 0.0714. The summed E-state index contributed by atoms with van der Waals surface area (Å²) in [5, 5.41) is 19.8. The molecule has 108 valence electrons. The molecule has 0 heterocycles. The first-order chi connectivity index (χ1) is 9.88. The zero-order valence-electron chi connectivity index (χ0n) is 10.9. The summed E-state index contributed by atoms with van der Waals surface area (Å²) in [5.41, 5.74) is 0.129. The average molecular weight is 291 g/mol. The number of nitrogens with zero attached hydrogens (tertiary/aromatic N) is 1. The highest BCUT2D eigenvalue weighted by atomic mass is 19.1. The van der Waals surface area contributed by atoms with Crippen molar-refractivity contribution in [1.82, 2.24) is 0 Å². The van der Waals surface area contributed by atoms with E-state index in [1.54, 1.807) is 6.92 Å². The number of rotatable bonds is 4. The summed E-state index contributed by atoms with van der Waals surface area (Å²) < 4.78 is 18.6. The van der Waals surface area contributed by atoms with Gasteiger partial charge in [0.15, 0.2) is 0 Å². The molecule has 2 aromatic carbocycles. The third-order valence-electron chi connectivity index (χ3n) is 2.77. The number of hydrogen-bond acceptors (Lipinski definition) is 4. The van der Waals surface area contributed by atoms with Crippen molar-refractivity contribution in [2.75, 3.05) is 0 Å². The maximum absolute atomic E-state index is 13.2. The predicted molar refractivity (Wildman–Crippen MR) is 71.3 cm³/mol. The van der Waals surface area contributed by atoms with Crippen LogP contribution in [0, 0.1) is 22.9 Å². The molecule has 2 aromatic rings. The monoisotopic (exact) mass is 291 g/mol. The largest absolute Gasteiger partial charge is 0.478 e. The van der Waals surface area contributed by atoms with Crippen LogP contribution in [0.3, 0.4) is 0 Å². The van der Waals surface area contributed by atoms with Gasteiger partial charge in [0.2, 0.25) is 5.75 Å². The zero-order valence-corrected chi connectivity index (χ0v) is 10.9. The summed E-state index contributed by atoms with van der Waals surface area (Å²) in [5.74, 6) is -2.02. The van der Waals surface area contributed by atoms with Crippen LogP contribution in [0.15, 0.2) is 36.4 Å². The van der Waals surface area contributed by atoms with E-state index < -0.39 is 22.4 Å². The highest BCUT2D eigenvalue weighted by molar-refractivity contribution is 5.88. The molecule has 0 fully saturated rings. The van der Waals surface area contributed by atoms with Crippen LogP contribution in [0.1, 0.15) is 15.9 Å². The fourth-order valence-corrected chi connectivity index (χ4v) is 1.68. The van der Waals surface area contributed by atoms with E-state index in [0.717, 1.165) is 18.2 Å². The lowest BCUT2D eigenvalue weighted by Crippen LogP contribution is -1.99. The Morgan fingerprint density at radius 1 is 1.24 bits per heavy atom. The Kier molecular flexibility index (Phi) is 3.84. The summed E-state index contributed by atoms with van der Waals surface area (Å²) in [7, 11) is 0. The van der Waals surface area contributed by atoms with Crippen molar-refractivity contribution in [2.24, 2.45) is 0 Å². The number of aryl methyl sites for hydroxylation is 1. The minimum atomic E-state index is -1.16. The first-order valence-electron chi connectivity index (χ1n) is 5.84. The molecule has 0 aromatic heterocycles. The second-order valence-electron chi connectivity index (χ2n) is 4.26. The molecule has 21 heavy (non-hydrogen) atoms. The lowest BCUT2D eigenvalue weighted by molar-refractivity contribution is -0.385. The Morgan fingerprint density at radius 2 is 1.95 bits per heavy atom. The molecule has 1 N–H and O–H groups in total. The van der Waals surface area contributed by atoms with E-state index >= 15 is 0 Å². The normalized spacial score (nSPS) is 10.2. The Hall–Kier alpha value is -2.96. The Labute approximate surface area is 118 Å². The summed E-state index contributed by atoms with van der Waals surface area (Å²) in [6.45, 7) is 1.64. The summed E-state index contributed by atoms with van der Waals surface area (Å²) >= 11 is 0. The SMILES string of the molecule is Cc1ccc(C(=O)O)cc1Oc1cc(F)ccc1[N+](=O)[O-]. The molecule has 0 aliphatic heterocycles. The van der Waals surface area contributed by atoms with Crippen molar-refractivity contribution in [3.05, 3.63) is 63.5 Å². The second kappa shape index (κ2) is 5.58.